The number of benzene rings is 1. The van der Waals surface area contributed by atoms with E-state index < -0.39 is 23.2 Å². The Balaban J connectivity index is 0.000000479. The van der Waals surface area contributed by atoms with Gasteiger partial charge in [0.25, 0.3) is 0 Å². The predicted octanol–water partition coefficient (Wildman–Crippen LogP) is 4.17. The number of ether oxygens (including phenoxy) is 2. The quantitative estimate of drug-likeness (QED) is 0.232. The van der Waals surface area contributed by atoms with E-state index in [1.807, 2.05) is 18.2 Å². The SMILES string of the molecule is CCCCCCCC[S+]([O-])C(C)Cc1ccc2c(c1)OCO2.NC(CCS)C(=O)O. The van der Waals surface area contributed by atoms with E-state index in [4.69, 9.17) is 20.3 Å². The standard InChI is InChI=1S/C18H28O3S.C4H9NO2S/c1-3-4-5-6-7-8-11-22(19)15(2)12-16-9-10-17-18(13-16)21-14-20-17;5-3(1-2-8)4(6)7/h9-10,13,15H,3-8,11-12,14H2,1-2H3;3,8H,1-2,5H2,(H,6,7). The third-order valence-corrected chi connectivity index (χ3v) is 6.88. The van der Waals surface area contributed by atoms with Crippen LogP contribution >= 0.6 is 12.6 Å². The number of fused-ring (bicyclic) bond motifs is 1. The number of thiol groups is 1. The highest BCUT2D eigenvalue weighted by Crippen LogP contribution is 2.33. The number of nitrogens with two attached hydrogens (primary N) is 1. The molecule has 2 rings (SSSR count). The maximum atomic E-state index is 12.3. The Labute approximate surface area is 189 Å². The lowest BCUT2D eigenvalue weighted by atomic mass is 10.1. The van der Waals surface area contributed by atoms with Gasteiger partial charge in [-0.15, -0.1) is 0 Å². The number of unbranched alkanes of at least 4 members (excludes halogenated alkanes) is 5. The molecule has 0 amide bonds. The van der Waals surface area contributed by atoms with Crippen molar-refractivity contribution in [3.05, 3.63) is 23.8 Å². The number of carbonyl (C=O) groups is 1. The minimum Gasteiger partial charge on any atom is -0.616 e. The first-order valence-electron chi connectivity index (χ1n) is 10.7. The van der Waals surface area contributed by atoms with Crippen molar-refractivity contribution in [2.75, 3.05) is 18.3 Å². The summed E-state index contributed by atoms with van der Waals surface area (Å²) in [5.41, 5.74) is 6.25. The monoisotopic (exact) mass is 459 g/mol. The van der Waals surface area contributed by atoms with Crippen LogP contribution in [0.2, 0.25) is 0 Å². The van der Waals surface area contributed by atoms with Crippen molar-refractivity contribution in [1.29, 1.82) is 0 Å². The maximum absolute atomic E-state index is 12.3. The fourth-order valence-electron chi connectivity index (χ4n) is 2.98. The fraction of sp³-hybridized carbons (Fsp3) is 0.682. The third-order valence-electron chi connectivity index (χ3n) is 4.87. The van der Waals surface area contributed by atoms with Crippen molar-refractivity contribution < 1.29 is 23.9 Å². The molecule has 0 saturated heterocycles. The Bertz CT molecular complexity index is 617. The van der Waals surface area contributed by atoms with Crippen molar-refractivity contribution in [3.63, 3.8) is 0 Å². The second kappa shape index (κ2) is 15.7. The molecule has 1 aliphatic rings. The van der Waals surface area contributed by atoms with Crippen molar-refractivity contribution >= 4 is 29.8 Å². The highest BCUT2D eigenvalue weighted by Gasteiger charge is 2.19. The van der Waals surface area contributed by atoms with Crippen molar-refractivity contribution in [2.24, 2.45) is 5.73 Å². The molecule has 3 unspecified atom stereocenters. The highest BCUT2D eigenvalue weighted by atomic mass is 32.2. The van der Waals surface area contributed by atoms with Crippen LogP contribution in [0.15, 0.2) is 18.2 Å². The largest absolute Gasteiger partial charge is 0.616 e. The summed E-state index contributed by atoms with van der Waals surface area (Å²) in [7, 11) is 0. The van der Waals surface area contributed by atoms with Gasteiger partial charge in [-0.05, 0) is 49.6 Å². The number of aliphatic carboxylic acids is 1. The molecule has 172 valence electrons. The summed E-state index contributed by atoms with van der Waals surface area (Å²) in [6.45, 7) is 4.61. The first kappa shape index (κ1) is 26.9. The zero-order valence-corrected chi connectivity index (χ0v) is 19.9. The molecule has 1 heterocycles. The van der Waals surface area contributed by atoms with Gasteiger partial charge in [0.2, 0.25) is 6.79 Å². The van der Waals surface area contributed by atoms with E-state index in [-0.39, 0.29) is 5.25 Å². The minimum absolute atomic E-state index is 0.191. The van der Waals surface area contributed by atoms with E-state index in [9.17, 15) is 9.35 Å². The van der Waals surface area contributed by atoms with Crippen LogP contribution in [0.1, 0.15) is 64.4 Å². The van der Waals surface area contributed by atoms with E-state index >= 15 is 0 Å². The van der Waals surface area contributed by atoms with Gasteiger partial charge in [-0.2, -0.15) is 12.6 Å². The van der Waals surface area contributed by atoms with Crippen LogP contribution in [0.5, 0.6) is 11.5 Å². The molecule has 1 aromatic rings. The summed E-state index contributed by atoms with van der Waals surface area (Å²) < 4.78 is 23.0. The van der Waals surface area contributed by atoms with Gasteiger partial charge in [-0.25, -0.2) is 0 Å². The average molecular weight is 460 g/mol. The van der Waals surface area contributed by atoms with Crippen molar-refractivity contribution in [2.45, 2.75) is 76.5 Å². The number of hydrogen-bond donors (Lipinski definition) is 3. The summed E-state index contributed by atoms with van der Waals surface area (Å²) in [5.74, 6) is 2.01. The Kier molecular flexibility index (Phi) is 14.1. The Morgan fingerprint density at radius 2 is 1.90 bits per heavy atom. The van der Waals surface area contributed by atoms with Crippen LogP contribution < -0.4 is 15.2 Å². The van der Waals surface area contributed by atoms with Crippen LogP contribution in [0.4, 0.5) is 0 Å². The zero-order valence-electron chi connectivity index (χ0n) is 18.2. The molecular formula is C22H37NO5S2. The molecule has 0 fully saturated rings. The number of carboxylic acid groups (broad SMARTS) is 1. The summed E-state index contributed by atoms with van der Waals surface area (Å²) in [6.07, 6.45) is 8.75. The maximum Gasteiger partial charge on any atom is 0.320 e. The molecule has 0 bridgehead atoms. The zero-order chi connectivity index (χ0) is 22.4. The van der Waals surface area contributed by atoms with Gasteiger partial charge in [0.1, 0.15) is 17.0 Å². The lowest BCUT2D eigenvalue weighted by molar-refractivity contribution is -0.138. The first-order chi connectivity index (χ1) is 14.4. The molecular weight excluding hydrogens is 422 g/mol. The number of rotatable bonds is 13. The van der Waals surface area contributed by atoms with E-state index in [1.54, 1.807) is 0 Å². The van der Waals surface area contributed by atoms with Crippen LogP contribution in [-0.4, -0.2) is 45.2 Å². The molecule has 8 heteroatoms. The van der Waals surface area contributed by atoms with Crippen LogP contribution in [0.25, 0.3) is 0 Å². The van der Waals surface area contributed by atoms with Gasteiger partial charge < -0.3 is 24.9 Å². The van der Waals surface area contributed by atoms with Crippen LogP contribution in [0.3, 0.4) is 0 Å². The van der Waals surface area contributed by atoms with E-state index in [0.29, 0.717) is 19.0 Å². The van der Waals surface area contributed by atoms with Gasteiger partial charge in [-0.3, -0.25) is 4.79 Å². The normalized spacial score (nSPS) is 15.1. The molecule has 1 aliphatic heterocycles. The van der Waals surface area contributed by atoms with Gasteiger partial charge in [0, 0.05) is 6.42 Å². The topological polar surface area (TPSA) is 105 Å². The molecule has 0 saturated carbocycles. The van der Waals surface area contributed by atoms with Crippen molar-refractivity contribution in [1.82, 2.24) is 0 Å². The predicted molar refractivity (Wildman–Crippen MR) is 126 cm³/mol. The minimum atomic E-state index is -0.959. The van der Waals surface area contributed by atoms with E-state index in [1.165, 1.54) is 37.7 Å². The lowest BCUT2D eigenvalue weighted by Crippen LogP contribution is -2.30. The van der Waals surface area contributed by atoms with Gasteiger partial charge in [0.15, 0.2) is 11.5 Å². The molecule has 0 aliphatic carbocycles. The molecule has 0 spiro atoms. The summed E-state index contributed by atoms with van der Waals surface area (Å²) in [4.78, 5) is 9.93. The van der Waals surface area contributed by atoms with E-state index in [0.717, 1.165) is 30.1 Å². The smallest absolute Gasteiger partial charge is 0.320 e. The molecule has 0 aromatic heterocycles. The molecule has 6 nitrogen and oxygen atoms in total. The lowest BCUT2D eigenvalue weighted by Gasteiger charge is -2.18. The van der Waals surface area contributed by atoms with Gasteiger partial charge in [-0.1, -0.05) is 49.8 Å². The highest BCUT2D eigenvalue weighted by molar-refractivity contribution is 7.92. The number of carboxylic acids is 1. The summed E-state index contributed by atoms with van der Waals surface area (Å²) in [5, 5.41) is 8.34. The molecule has 0 radical (unpaired) electrons. The Hall–Kier alpha value is -1.09. The summed E-state index contributed by atoms with van der Waals surface area (Å²) in [6, 6.07) is 5.26. The number of hydrogen-bond acceptors (Lipinski definition) is 6. The summed E-state index contributed by atoms with van der Waals surface area (Å²) >= 11 is 3.07. The molecule has 3 atom stereocenters. The van der Waals surface area contributed by atoms with Crippen LogP contribution in [0, 0.1) is 0 Å². The third kappa shape index (κ3) is 10.8. The Morgan fingerprint density at radius 3 is 2.53 bits per heavy atom. The van der Waals surface area contributed by atoms with Crippen molar-refractivity contribution in [3.8, 4) is 11.5 Å². The molecule has 3 N–H and O–H groups in total. The average Bonchev–Trinajstić information content (AvgIpc) is 3.19. The Morgan fingerprint density at radius 1 is 1.23 bits per heavy atom. The first-order valence-corrected chi connectivity index (χ1v) is 12.7. The van der Waals surface area contributed by atoms with Gasteiger partial charge in [0.05, 0.1) is 0 Å². The molecule has 30 heavy (non-hydrogen) atoms. The second-order valence-electron chi connectivity index (χ2n) is 7.51. The second-order valence-corrected chi connectivity index (χ2v) is 9.93. The molecule has 1 aromatic carbocycles. The van der Waals surface area contributed by atoms with Gasteiger partial charge >= 0.3 is 5.97 Å². The van der Waals surface area contributed by atoms with E-state index in [2.05, 4.69) is 26.5 Å². The fourth-order valence-corrected chi connectivity index (χ4v) is 4.53. The van der Waals surface area contributed by atoms with Crippen LogP contribution in [-0.2, 0) is 22.4 Å².